The van der Waals surface area contributed by atoms with Crippen molar-refractivity contribution in [2.24, 2.45) is 0 Å². The Morgan fingerprint density at radius 2 is 1.80 bits per heavy atom. The summed E-state index contributed by atoms with van der Waals surface area (Å²) in [4.78, 5) is 12.5. The molecule has 30 heavy (non-hydrogen) atoms. The smallest absolute Gasteiger partial charge is 0.338 e. The van der Waals surface area contributed by atoms with Crippen molar-refractivity contribution in [1.29, 1.82) is 0 Å². The van der Waals surface area contributed by atoms with Gasteiger partial charge < -0.3 is 34.3 Å². The third kappa shape index (κ3) is 5.48. The van der Waals surface area contributed by atoms with Crippen LogP contribution in [0.15, 0.2) is 48.5 Å². The molecule has 162 valence electrons. The van der Waals surface area contributed by atoms with E-state index in [0.717, 1.165) is 9.13 Å². The van der Waals surface area contributed by atoms with E-state index < -0.39 is 36.7 Å². The first-order chi connectivity index (χ1) is 14.4. The first-order valence-electron chi connectivity index (χ1n) is 9.26. The van der Waals surface area contributed by atoms with E-state index in [4.69, 9.17) is 18.9 Å². The summed E-state index contributed by atoms with van der Waals surface area (Å²) in [6.45, 7) is 0.0336. The van der Waals surface area contributed by atoms with E-state index in [1.807, 2.05) is 30.3 Å². The number of aliphatic hydroxyl groups excluding tert-OH is 3. The monoisotopic (exact) mass is 530 g/mol. The van der Waals surface area contributed by atoms with E-state index in [1.165, 1.54) is 7.11 Å². The summed E-state index contributed by atoms with van der Waals surface area (Å²) in [7, 11) is 1.30. The van der Waals surface area contributed by atoms with Crippen molar-refractivity contribution >= 4 is 28.6 Å². The summed E-state index contributed by atoms with van der Waals surface area (Å²) in [5.74, 6) is -0.0952. The Labute approximate surface area is 187 Å². The molecule has 0 radical (unpaired) electrons. The molecule has 0 aliphatic carbocycles. The molecule has 2 aromatic carbocycles. The Morgan fingerprint density at radius 1 is 1.07 bits per heavy atom. The van der Waals surface area contributed by atoms with Gasteiger partial charge in [-0.2, -0.15) is 0 Å². The van der Waals surface area contributed by atoms with Gasteiger partial charge in [-0.25, -0.2) is 4.79 Å². The summed E-state index contributed by atoms with van der Waals surface area (Å²) in [5.41, 5.74) is 1.27. The summed E-state index contributed by atoms with van der Waals surface area (Å²) in [6.07, 6.45) is -6.50. The van der Waals surface area contributed by atoms with Crippen molar-refractivity contribution in [3.63, 3.8) is 0 Å². The fourth-order valence-electron chi connectivity index (χ4n) is 2.97. The predicted molar refractivity (Wildman–Crippen MR) is 114 cm³/mol. The van der Waals surface area contributed by atoms with E-state index in [9.17, 15) is 20.1 Å². The van der Waals surface area contributed by atoms with Crippen LogP contribution in [-0.4, -0.2) is 65.7 Å². The number of carbonyl (C=O) groups is 1. The van der Waals surface area contributed by atoms with Crippen LogP contribution in [0, 0.1) is 3.57 Å². The van der Waals surface area contributed by atoms with Gasteiger partial charge in [0.2, 0.25) is 0 Å². The lowest BCUT2D eigenvalue weighted by Crippen LogP contribution is -2.59. The zero-order chi connectivity index (χ0) is 21.7. The van der Waals surface area contributed by atoms with Gasteiger partial charge in [-0.05, 0) is 46.4 Å². The Hall–Kier alpha value is -1.76. The molecule has 0 bridgehead atoms. The summed E-state index contributed by atoms with van der Waals surface area (Å²) in [5, 5.41) is 29.8. The SMILES string of the molecule is CO[C@@H]1O[C@H](COC(=O)c2ccc(I)c(OCc3ccccc3)c2)[C@@H](O)[C@H](O)[C@H]1O. The Morgan fingerprint density at radius 3 is 2.50 bits per heavy atom. The maximum atomic E-state index is 12.5. The number of ether oxygens (including phenoxy) is 4. The number of methoxy groups -OCH3 is 1. The standard InChI is InChI=1S/C21H23IO8/c1-27-21-19(25)18(24)17(23)16(30-21)11-29-20(26)13-7-8-14(22)15(9-13)28-10-12-5-3-2-4-6-12/h2-9,16-19,21,23-25H,10-11H2,1H3/t16-,17-,18+,19-,21-/m1/s1. The molecule has 1 aliphatic rings. The molecule has 2 aromatic rings. The van der Waals surface area contributed by atoms with Crippen LogP contribution in [0.1, 0.15) is 15.9 Å². The topological polar surface area (TPSA) is 115 Å². The maximum Gasteiger partial charge on any atom is 0.338 e. The van der Waals surface area contributed by atoms with Crippen LogP contribution in [-0.2, 0) is 20.8 Å². The van der Waals surface area contributed by atoms with Gasteiger partial charge in [-0.3, -0.25) is 0 Å². The van der Waals surface area contributed by atoms with Gasteiger partial charge in [0.15, 0.2) is 6.29 Å². The Balaban J connectivity index is 1.61. The molecule has 1 heterocycles. The van der Waals surface area contributed by atoms with Crippen LogP contribution in [0.4, 0.5) is 0 Å². The van der Waals surface area contributed by atoms with Crippen molar-refractivity contribution in [3.8, 4) is 5.75 Å². The highest BCUT2D eigenvalue weighted by Crippen LogP contribution is 2.25. The average Bonchev–Trinajstić information content (AvgIpc) is 2.77. The summed E-state index contributed by atoms with van der Waals surface area (Å²) >= 11 is 2.12. The van der Waals surface area contributed by atoms with Gasteiger partial charge in [0.05, 0.1) is 9.13 Å². The second kappa shape index (κ2) is 10.5. The van der Waals surface area contributed by atoms with Gasteiger partial charge in [0.1, 0.15) is 43.4 Å². The minimum absolute atomic E-state index is 0.271. The van der Waals surface area contributed by atoms with Gasteiger partial charge in [0.25, 0.3) is 0 Å². The highest BCUT2D eigenvalue weighted by atomic mass is 127. The van der Waals surface area contributed by atoms with Crippen LogP contribution in [0.25, 0.3) is 0 Å². The maximum absolute atomic E-state index is 12.5. The zero-order valence-electron chi connectivity index (χ0n) is 16.2. The van der Waals surface area contributed by atoms with E-state index in [-0.39, 0.29) is 12.2 Å². The fraction of sp³-hybridized carbons (Fsp3) is 0.381. The lowest BCUT2D eigenvalue weighted by Gasteiger charge is -2.39. The molecule has 5 atom stereocenters. The molecule has 3 N–H and O–H groups in total. The van der Waals surface area contributed by atoms with Crippen LogP contribution in [0.2, 0.25) is 0 Å². The molecule has 0 aromatic heterocycles. The van der Waals surface area contributed by atoms with Crippen molar-refractivity contribution in [2.45, 2.75) is 37.3 Å². The molecule has 8 nitrogen and oxygen atoms in total. The Bertz CT molecular complexity index is 844. The quantitative estimate of drug-likeness (QED) is 0.365. The van der Waals surface area contributed by atoms with Crippen LogP contribution in [0.5, 0.6) is 5.75 Å². The molecule has 1 saturated heterocycles. The minimum atomic E-state index is -1.48. The molecule has 0 saturated carbocycles. The van der Waals surface area contributed by atoms with Gasteiger partial charge in [-0.15, -0.1) is 0 Å². The molecule has 1 aliphatic heterocycles. The van der Waals surface area contributed by atoms with Crippen molar-refractivity contribution in [1.82, 2.24) is 0 Å². The largest absolute Gasteiger partial charge is 0.488 e. The highest BCUT2D eigenvalue weighted by Gasteiger charge is 2.44. The first kappa shape index (κ1) is 22.9. The Kier molecular flexibility index (Phi) is 8.03. The molecule has 0 amide bonds. The third-order valence-corrected chi connectivity index (χ3v) is 5.57. The van der Waals surface area contributed by atoms with Crippen molar-refractivity contribution < 1.29 is 39.1 Å². The third-order valence-electron chi connectivity index (χ3n) is 4.68. The van der Waals surface area contributed by atoms with Crippen LogP contribution < -0.4 is 4.74 Å². The number of hydrogen-bond donors (Lipinski definition) is 3. The second-order valence-electron chi connectivity index (χ2n) is 6.77. The number of halogens is 1. The van der Waals surface area contributed by atoms with Crippen LogP contribution >= 0.6 is 22.6 Å². The fourth-order valence-corrected chi connectivity index (χ4v) is 3.46. The number of carbonyl (C=O) groups excluding carboxylic acids is 1. The summed E-state index contributed by atoms with van der Waals surface area (Å²) < 4.78 is 22.2. The average molecular weight is 530 g/mol. The summed E-state index contributed by atoms with van der Waals surface area (Å²) in [6, 6.07) is 14.6. The van der Waals surface area contributed by atoms with Crippen molar-refractivity contribution in [2.75, 3.05) is 13.7 Å². The van der Waals surface area contributed by atoms with Crippen molar-refractivity contribution in [3.05, 3.63) is 63.2 Å². The second-order valence-corrected chi connectivity index (χ2v) is 7.93. The highest BCUT2D eigenvalue weighted by molar-refractivity contribution is 14.1. The lowest BCUT2D eigenvalue weighted by molar-refractivity contribution is -0.294. The number of rotatable bonds is 7. The predicted octanol–water partition coefficient (Wildman–Crippen LogP) is 1.48. The number of hydrogen-bond acceptors (Lipinski definition) is 8. The number of benzene rings is 2. The van der Waals surface area contributed by atoms with E-state index in [0.29, 0.717) is 12.4 Å². The minimum Gasteiger partial charge on any atom is -0.488 e. The number of esters is 1. The van der Waals surface area contributed by atoms with Gasteiger partial charge >= 0.3 is 5.97 Å². The van der Waals surface area contributed by atoms with E-state index in [1.54, 1.807) is 18.2 Å². The van der Waals surface area contributed by atoms with Gasteiger partial charge in [0, 0.05) is 7.11 Å². The lowest BCUT2D eigenvalue weighted by atomic mass is 9.99. The normalized spacial score (nSPS) is 26.2. The molecular formula is C21H23IO8. The molecule has 0 spiro atoms. The van der Waals surface area contributed by atoms with E-state index in [2.05, 4.69) is 22.6 Å². The molecule has 9 heteroatoms. The number of aliphatic hydroxyl groups is 3. The van der Waals surface area contributed by atoms with E-state index >= 15 is 0 Å². The molecule has 1 fully saturated rings. The molecule has 0 unspecified atom stereocenters. The first-order valence-corrected chi connectivity index (χ1v) is 10.3. The molecule has 3 rings (SSSR count). The molecular weight excluding hydrogens is 507 g/mol. The van der Waals surface area contributed by atoms with Crippen LogP contribution in [0.3, 0.4) is 0 Å². The zero-order valence-corrected chi connectivity index (χ0v) is 18.3. The van der Waals surface area contributed by atoms with Gasteiger partial charge in [-0.1, -0.05) is 30.3 Å².